The number of ether oxygens (including phenoxy) is 1. The molecule has 3 atom stereocenters. The molecule has 1 unspecified atom stereocenters. The Morgan fingerprint density at radius 3 is 2.22 bits per heavy atom. The first-order chi connectivity index (χ1) is 4.18. The van der Waals surface area contributed by atoms with Crippen LogP contribution in [0.2, 0.25) is 0 Å². The molecule has 1 aliphatic heterocycles. The monoisotopic (exact) mass is 130 g/mol. The topological polar surface area (TPSA) is 30.7 Å². The standard InChI is InChI=1S/C6H11NO2/c1-4-5(7(4)2)6(8)9-3/h4-5H,1-3H3/p+1/t4-,5+,7?/m0/s1. The van der Waals surface area contributed by atoms with Gasteiger partial charge in [0.05, 0.1) is 14.2 Å². The molecule has 0 spiro atoms. The van der Waals surface area contributed by atoms with E-state index in [2.05, 4.69) is 4.74 Å². The number of carbonyl (C=O) groups excluding carboxylic acids is 1. The lowest BCUT2D eigenvalue weighted by molar-refractivity contribution is -0.758. The summed E-state index contributed by atoms with van der Waals surface area (Å²) in [5, 5.41) is 0. The Labute approximate surface area is 54.6 Å². The van der Waals surface area contributed by atoms with Crippen LogP contribution in [-0.2, 0) is 9.53 Å². The summed E-state index contributed by atoms with van der Waals surface area (Å²) in [5.74, 6) is -0.0833. The number of hydrogen-bond acceptors (Lipinski definition) is 2. The molecule has 1 fully saturated rings. The quantitative estimate of drug-likeness (QED) is 0.344. The Hall–Kier alpha value is -0.570. The molecule has 52 valence electrons. The van der Waals surface area contributed by atoms with Gasteiger partial charge in [-0.2, -0.15) is 0 Å². The third-order valence-corrected chi connectivity index (χ3v) is 2.05. The summed E-state index contributed by atoms with van der Waals surface area (Å²) in [5.41, 5.74) is 0. The summed E-state index contributed by atoms with van der Waals surface area (Å²) < 4.78 is 4.56. The van der Waals surface area contributed by atoms with E-state index in [1.165, 1.54) is 12.0 Å². The minimum Gasteiger partial charge on any atom is -0.464 e. The van der Waals surface area contributed by atoms with Crippen LogP contribution in [0.3, 0.4) is 0 Å². The summed E-state index contributed by atoms with van der Waals surface area (Å²) in [6, 6.07) is 0.562. The predicted octanol–water partition coefficient (Wildman–Crippen LogP) is -1.56. The molecular formula is C6H12NO2+. The van der Waals surface area contributed by atoms with Gasteiger partial charge in [0.1, 0.15) is 6.04 Å². The average Bonchev–Trinajstić information content (AvgIpc) is 2.40. The van der Waals surface area contributed by atoms with Gasteiger partial charge in [-0.3, -0.25) is 0 Å². The van der Waals surface area contributed by atoms with Gasteiger partial charge in [-0.1, -0.05) is 0 Å². The van der Waals surface area contributed by atoms with Crippen molar-refractivity contribution in [2.75, 3.05) is 14.2 Å². The van der Waals surface area contributed by atoms with Gasteiger partial charge in [0, 0.05) is 0 Å². The normalized spacial score (nSPS) is 40.1. The van der Waals surface area contributed by atoms with Gasteiger partial charge < -0.3 is 9.64 Å². The summed E-state index contributed by atoms with van der Waals surface area (Å²) >= 11 is 0. The number of esters is 1. The SMILES string of the molecule is COC(=O)[C@H]1[C@H](C)[NH+]1C. The van der Waals surface area contributed by atoms with E-state index in [4.69, 9.17) is 0 Å². The number of nitrogens with one attached hydrogen (secondary N) is 1. The lowest BCUT2D eigenvalue weighted by Crippen LogP contribution is -2.92. The van der Waals surface area contributed by atoms with Crippen molar-refractivity contribution < 1.29 is 14.4 Å². The highest BCUT2D eigenvalue weighted by Gasteiger charge is 2.54. The van der Waals surface area contributed by atoms with Gasteiger partial charge in [-0.15, -0.1) is 0 Å². The van der Waals surface area contributed by atoms with Crippen LogP contribution in [-0.4, -0.2) is 32.2 Å². The van der Waals surface area contributed by atoms with E-state index in [1.54, 1.807) is 0 Å². The van der Waals surface area contributed by atoms with E-state index >= 15 is 0 Å². The van der Waals surface area contributed by atoms with Crippen molar-refractivity contribution in [1.82, 2.24) is 0 Å². The van der Waals surface area contributed by atoms with Gasteiger partial charge >= 0.3 is 5.97 Å². The van der Waals surface area contributed by atoms with Crippen LogP contribution < -0.4 is 4.90 Å². The lowest BCUT2D eigenvalue weighted by atomic mass is 10.3. The summed E-state index contributed by atoms with van der Waals surface area (Å²) in [7, 11) is 3.42. The Bertz CT molecular complexity index is 127. The first kappa shape index (κ1) is 6.55. The number of hydrogen-bond donors (Lipinski definition) is 1. The third kappa shape index (κ3) is 0.920. The van der Waals surface area contributed by atoms with Gasteiger partial charge in [0.2, 0.25) is 6.04 Å². The Kier molecular flexibility index (Phi) is 1.45. The van der Waals surface area contributed by atoms with Gasteiger partial charge in [-0.25, -0.2) is 4.79 Å². The van der Waals surface area contributed by atoms with Gasteiger partial charge in [0.25, 0.3) is 0 Å². The van der Waals surface area contributed by atoms with E-state index < -0.39 is 0 Å². The van der Waals surface area contributed by atoms with Crippen LogP contribution in [0.4, 0.5) is 0 Å². The molecule has 3 nitrogen and oxygen atoms in total. The van der Waals surface area contributed by atoms with Crippen molar-refractivity contribution in [2.45, 2.75) is 19.0 Å². The van der Waals surface area contributed by atoms with Crippen molar-refractivity contribution in [1.29, 1.82) is 0 Å². The maximum Gasteiger partial charge on any atom is 0.371 e. The zero-order valence-electron chi connectivity index (χ0n) is 5.97. The zero-order valence-corrected chi connectivity index (χ0v) is 5.97. The maximum absolute atomic E-state index is 10.8. The molecule has 1 rings (SSSR count). The van der Waals surface area contributed by atoms with E-state index in [-0.39, 0.29) is 12.0 Å². The van der Waals surface area contributed by atoms with E-state index in [0.29, 0.717) is 6.04 Å². The van der Waals surface area contributed by atoms with Crippen LogP contribution in [0.1, 0.15) is 6.92 Å². The molecule has 0 aliphatic carbocycles. The van der Waals surface area contributed by atoms with Crippen molar-refractivity contribution in [3.63, 3.8) is 0 Å². The van der Waals surface area contributed by atoms with Crippen LogP contribution in [0.15, 0.2) is 0 Å². The van der Waals surface area contributed by atoms with Crippen molar-refractivity contribution >= 4 is 5.97 Å². The Morgan fingerprint density at radius 1 is 1.67 bits per heavy atom. The first-order valence-corrected chi connectivity index (χ1v) is 3.09. The average molecular weight is 130 g/mol. The molecule has 0 saturated carbocycles. The van der Waals surface area contributed by atoms with Crippen molar-refractivity contribution in [3.8, 4) is 0 Å². The van der Waals surface area contributed by atoms with Crippen LogP contribution in [0.25, 0.3) is 0 Å². The molecular weight excluding hydrogens is 118 g/mol. The minimum absolute atomic E-state index is 0.0833. The van der Waals surface area contributed by atoms with Crippen LogP contribution >= 0.6 is 0 Å². The highest BCUT2D eigenvalue weighted by atomic mass is 16.5. The summed E-state index contributed by atoms with van der Waals surface area (Å²) in [6.07, 6.45) is 0. The fourth-order valence-corrected chi connectivity index (χ4v) is 1.08. The Balaban J connectivity index is 2.40. The van der Waals surface area contributed by atoms with Gasteiger partial charge in [-0.05, 0) is 6.92 Å². The highest BCUT2D eigenvalue weighted by Crippen LogP contribution is 2.00. The second-order valence-corrected chi connectivity index (χ2v) is 2.53. The molecule has 0 radical (unpaired) electrons. The zero-order chi connectivity index (χ0) is 7.02. The first-order valence-electron chi connectivity index (χ1n) is 3.09. The largest absolute Gasteiger partial charge is 0.464 e. The summed E-state index contributed by atoms with van der Waals surface area (Å²) in [4.78, 5) is 12.0. The molecule has 1 heterocycles. The molecule has 1 saturated heterocycles. The third-order valence-electron chi connectivity index (χ3n) is 2.05. The molecule has 0 aromatic carbocycles. The molecule has 0 aromatic rings. The lowest BCUT2D eigenvalue weighted by Gasteiger charge is -1.88. The van der Waals surface area contributed by atoms with E-state index in [0.717, 1.165) is 0 Å². The number of rotatable bonds is 1. The molecule has 0 bridgehead atoms. The predicted molar refractivity (Wildman–Crippen MR) is 32.2 cm³/mol. The van der Waals surface area contributed by atoms with Crippen LogP contribution in [0, 0.1) is 0 Å². The number of quaternary nitrogens is 1. The molecule has 1 N–H and O–H groups in total. The minimum atomic E-state index is -0.0833. The molecule has 0 amide bonds. The van der Waals surface area contributed by atoms with Crippen molar-refractivity contribution in [2.24, 2.45) is 0 Å². The molecule has 1 aliphatic rings. The fourth-order valence-electron chi connectivity index (χ4n) is 1.08. The van der Waals surface area contributed by atoms with Gasteiger partial charge in [0.15, 0.2) is 0 Å². The fraction of sp³-hybridized carbons (Fsp3) is 0.833. The smallest absolute Gasteiger partial charge is 0.371 e. The number of carbonyl (C=O) groups is 1. The molecule has 9 heavy (non-hydrogen) atoms. The highest BCUT2D eigenvalue weighted by molar-refractivity contribution is 5.76. The maximum atomic E-state index is 10.8. The van der Waals surface area contributed by atoms with E-state index in [1.807, 2.05) is 14.0 Å². The molecule has 3 heteroatoms. The van der Waals surface area contributed by atoms with E-state index in [9.17, 15) is 4.79 Å². The number of likely N-dealkylation sites (N-methyl/N-ethyl adjacent to an activating group) is 1. The Morgan fingerprint density at radius 2 is 2.11 bits per heavy atom. The second-order valence-electron chi connectivity index (χ2n) is 2.53. The second kappa shape index (κ2) is 1.99. The summed E-state index contributed by atoms with van der Waals surface area (Å²) in [6.45, 7) is 2.04. The number of methoxy groups -OCH3 is 1. The van der Waals surface area contributed by atoms with Crippen LogP contribution in [0.5, 0.6) is 0 Å². The van der Waals surface area contributed by atoms with Crippen molar-refractivity contribution in [3.05, 3.63) is 0 Å². The molecule has 0 aromatic heterocycles.